The van der Waals surface area contributed by atoms with E-state index in [0.29, 0.717) is 5.57 Å². The van der Waals surface area contributed by atoms with Gasteiger partial charge in [-0.15, -0.1) is 0 Å². The molecule has 0 spiro atoms. The molecule has 0 aromatic rings. The Balaban J connectivity index is 4.33. The van der Waals surface area contributed by atoms with Crippen LogP contribution in [0, 0.1) is 0 Å². The monoisotopic (exact) mass is 144 g/mol. The van der Waals surface area contributed by atoms with Crippen LogP contribution in [0.15, 0.2) is 36.5 Å². The van der Waals surface area contributed by atoms with Crippen LogP contribution in [0.25, 0.3) is 0 Å². The summed E-state index contributed by atoms with van der Waals surface area (Å²) in [7, 11) is 0. The fourth-order valence-corrected chi connectivity index (χ4v) is 0.496. The molecule has 0 atom stereocenters. The zero-order chi connectivity index (χ0) is 8.15. The zero-order valence-corrected chi connectivity index (χ0v) is 5.90. The highest BCUT2D eigenvalue weighted by Gasteiger charge is 2.05. The molecule has 0 amide bonds. The maximum absolute atomic E-state index is 11.9. The van der Waals surface area contributed by atoms with E-state index in [2.05, 4.69) is 13.2 Å². The van der Waals surface area contributed by atoms with Crippen LogP contribution in [-0.4, -0.2) is 6.43 Å². The molecular formula is C8H10F2. The maximum Gasteiger partial charge on any atom is 0.263 e. The SMILES string of the molecule is C=C/C(=C\C(=C)C)C(F)F. The van der Waals surface area contributed by atoms with Gasteiger partial charge in [-0.25, -0.2) is 8.78 Å². The first-order chi connectivity index (χ1) is 4.57. The summed E-state index contributed by atoms with van der Waals surface area (Å²) < 4.78 is 23.8. The Labute approximate surface area is 59.6 Å². The molecule has 0 heterocycles. The standard InChI is InChI=1S/C8H10F2/c1-4-7(8(9)10)5-6(2)3/h4-5,8H,1-2H2,3H3/b7-5+. The van der Waals surface area contributed by atoms with E-state index in [-0.39, 0.29) is 5.57 Å². The van der Waals surface area contributed by atoms with E-state index >= 15 is 0 Å². The molecular weight excluding hydrogens is 134 g/mol. The summed E-state index contributed by atoms with van der Waals surface area (Å²) in [5.74, 6) is 0. The van der Waals surface area contributed by atoms with E-state index in [4.69, 9.17) is 0 Å². The summed E-state index contributed by atoms with van der Waals surface area (Å²) in [5, 5.41) is 0. The van der Waals surface area contributed by atoms with Crippen molar-refractivity contribution in [1.29, 1.82) is 0 Å². The Morgan fingerprint density at radius 2 is 2.00 bits per heavy atom. The number of halogens is 2. The van der Waals surface area contributed by atoms with Crippen molar-refractivity contribution in [2.45, 2.75) is 13.3 Å². The molecule has 0 aliphatic carbocycles. The highest BCUT2D eigenvalue weighted by Crippen LogP contribution is 2.11. The van der Waals surface area contributed by atoms with E-state index in [1.54, 1.807) is 6.92 Å². The van der Waals surface area contributed by atoms with Crippen molar-refractivity contribution in [3.05, 3.63) is 36.5 Å². The van der Waals surface area contributed by atoms with Crippen LogP contribution in [0.5, 0.6) is 0 Å². The van der Waals surface area contributed by atoms with Gasteiger partial charge in [0.1, 0.15) is 0 Å². The highest BCUT2D eigenvalue weighted by atomic mass is 19.3. The summed E-state index contributed by atoms with van der Waals surface area (Å²) in [6, 6.07) is 0. The zero-order valence-electron chi connectivity index (χ0n) is 5.90. The lowest BCUT2D eigenvalue weighted by Crippen LogP contribution is -1.92. The van der Waals surface area contributed by atoms with Gasteiger partial charge in [0.25, 0.3) is 6.43 Å². The third-order valence-corrected chi connectivity index (χ3v) is 0.901. The molecule has 0 aliphatic heterocycles. The van der Waals surface area contributed by atoms with Gasteiger partial charge < -0.3 is 0 Å². The van der Waals surface area contributed by atoms with Gasteiger partial charge in [-0.2, -0.15) is 0 Å². The second kappa shape index (κ2) is 3.99. The van der Waals surface area contributed by atoms with Crippen molar-refractivity contribution in [2.75, 3.05) is 0 Å². The molecule has 10 heavy (non-hydrogen) atoms. The number of alkyl halides is 2. The molecule has 0 saturated heterocycles. The second-order valence-corrected chi connectivity index (χ2v) is 2.00. The third kappa shape index (κ3) is 3.17. The summed E-state index contributed by atoms with van der Waals surface area (Å²) >= 11 is 0. The third-order valence-electron chi connectivity index (χ3n) is 0.901. The Kier molecular flexibility index (Phi) is 3.62. The van der Waals surface area contributed by atoms with Gasteiger partial charge in [0.15, 0.2) is 0 Å². The van der Waals surface area contributed by atoms with Crippen LogP contribution in [0.2, 0.25) is 0 Å². The van der Waals surface area contributed by atoms with Crippen molar-refractivity contribution in [3.63, 3.8) is 0 Å². The van der Waals surface area contributed by atoms with Gasteiger partial charge in [0.05, 0.1) is 0 Å². The van der Waals surface area contributed by atoms with Crippen LogP contribution in [0.1, 0.15) is 6.92 Å². The van der Waals surface area contributed by atoms with Crippen molar-refractivity contribution in [1.82, 2.24) is 0 Å². The first-order valence-electron chi connectivity index (χ1n) is 2.85. The molecule has 2 heteroatoms. The summed E-state index contributed by atoms with van der Waals surface area (Å²) in [6.45, 7) is 8.37. The summed E-state index contributed by atoms with van der Waals surface area (Å²) in [6.07, 6.45) is 0.00556. The van der Waals surface area contributed by atoms with Crippen LogP contribution in [0.3, 0.4) is 0 Å². The molecule has 0 aromatic carbocycles. The summed E-state index contributed by atoms with van der Waals surface area (Å²) in [4.78, 5) is 0. The first-order valence-corrected chi connectivity index (χ1v) is 2.85. The molecule has 0 aliphatic rings. The fourth-order valence-electron chi connectivity index (χ4n) is 0.496. The van der Waals surface area contributed by atoms with Gasteiger partial charge in [-0.05, 0) is 6.92 Å². The van der Waals surface area contributed by atoms with E-state index < -0.39 is 6.43 Å². The molecule has 0 saturated carbocycles. The van der Waals surface area contributed by atoms with Crippen LogP contribution in [0.4, 0.5) is 8.78 Å². The minimum Gasteiger partial charge on any atom is -0.205 e. The smallest absolute Gasteiger partial charge is 0.205 e. The van der Waals surface area contributed by atoms with E-state index in [0.717, 1.165) is 6.08 Å². The maximum atomic E-state index is 11.9. The van der Waals surface area contributed by atoms with Crippen molar-refractivity contribution >= 4 is 0 Å². The van der Waals surface area contributed by atoms with Crippen LogP contribution < -0.4 is 0 Å². The molecule has 0 nitrogen and oxygen atoms in total. The number of hydrogen-bond acceptors (Lipinski definition) is 0. The molecule has 0 fully saturated rings. The van der Waals surface area contributed by atoms with Gasteiger partial charge in [0.2, 0.25) is 0 Å². The molecule has 56 valence electrons. The van der Waals surface area contributed by atoms with Gasteiger partial charge in [0, 0.05) is 5.57 Å². The first kappa shape index (κ1) is 9.08. The fraction of sp³-hybridized carbons (Fsp3) is 0.250. The lowest BCUT2D eigenvalue weighted by Gasteiger charge is -1.97. The second-order valence-electron chi connectivity index (χ2n) is 2.00. The quantitative estimate of drug-likeness (QED) is 0.534. The minimum absolute atomic E-state index is 0.0764. The van der Waals surface area contributed by atoms with Gasteiger partial charge >= 0.3 is 0 Å². The predicted octanol–water partition coefficient (Wildman–Crippen LogP) is 2.94. The Morgan fingerprint density at radius 3 is 2.10 bits per heavy atom. The molecule has 0 unspecified atom stereocenters. The van der Waals surface area contributed by atoms with Gasteiger partial charge in [-0.1, -0.05) is 30.9 Å². The lowest BCUT2D eigenvalue weighted by atomic mass is 10.2. The lowest BCUT2D eigenvalue weighted by molar-refractivity contribution is 0.194. The minimum atomic E-state index is -2.45. The largest absolute Gasteiger partial charge is 0.263 e. The summed E-state index contributed by atoms with van der Waals surface area (Å²) in [5.41, 5.74) is 0.530. The normalized spacial score (nSPS) is 11.8. The molecule has 0 radical (unpaired) electrons. The Bertz CT molecular complexity index is 166. The highest BCUT2D eigenvalue weighted by molar-refractivity contribution is 5.27. The molecule has 0 rings (SSSR count). The van der Waals surface area contributed by atoms with E-state index in [1.165, 1.54) is 6.08 Å². The van der Waals surface area contributed by atoms with Crippen molar-refractivity contribution < 1.29 is 8.78 Å². The molecule has 0 aromatic heterocycles. The number of allylic oxidation sites excluding steroid dienone is 4. The van der Waals surface area contributed by atoms with E-state index in [9.17, 15) is 8.78 Å². The van der Waals surface area contributed by atoms with Crippen molar-refractivity contribution in [3.8, 4) is 0 Å². The Hall–Kier alpha value is -0.920. The molecule has 0 N–H and O–H groups in total. The predicted molar refractivity (Wildman–Crippen MR) is 39.1 cm³/mol. The number of hydrogen-bond donors (Lipinski definition) is 0. The van der Waals surface area contributed by atoms with Crippen LogP contribution >= 0.6 is 0 Å². The number of rotatable bonds is 3. The Morgan fingerprint density at radius 1 is 1.50 bits per heavy atom. The molecule has 0 bridgehead atoms. The van der Waals surface area contributed by atoms with Crippen LogP contribution in [-0.2, 0) is 0 Å². The topological polar surface area (TPSA) is 0 Å². The van der Waals surface area contributed by atoms with E-state index in [1.807, 2.05) is 0 Å². The average Bonchev–Trinajstić information content (AvgIpc) is 1.81. The van der Waals surface area contributed by atoms with Gasteiger partial charge in [-0.3, -0.25) is 0 Å². The van der Waals surface area contributed by atoms with Crippen molar-refractivity contribution in [2.24, 2.45) is 0 Å². The average molecular weight is 144 g/mol.